The number of carboxylic acid groups (broad SMARTS) is 1. The zero-order valence-electron chi connectivity index (χ0n) is 17.6. The summed E-state index contributed by atoms with van der Waals surface area (Å²) in [6.45, 7) is 0.815. The highest BCUT2D eigenvalue weighted by Gasteiger charge is 2.41. The van der Waals surface area contributed by atoms with Gasteiger partial charge in [0.25, 0.3) is 11.8 Å². The number of benzene rings is 2. The predicted molar refractivity (Wildman–Crippen MR) is 137 cm³/mol. The van der Waals surface area contributed by atoms with Crippen LogP contribution in [-0.4, -0.2) is 38.7 Å². The lowest BCUT2D eigenvalue weighted by Crippen LogP contribution is -2.30. The molecular weight excluding hydrogens is 524 g/mol. The number of carbonyl (C=O) groups excluding carboxylic acids is 2. The first-order valence-corrected chi connectivity index (χ1v) is 12.5. The van der Waals surface area contributed by atoms with Gasteiger partial charge in [-0.05, 0) is 36.6 Å². The minimum Gasteiger partial charge on any atom is -0.481 e. The monoisotopic (exact) mass is 544 g/mol. The van der Waals surface area contributed by atoms with Crippen LogP contribution in [-0.2, 0) is 20.9 Å². The first kappa shape index (κ1) is 23.7. The van der Waals surface area contributed by atoms with E-state index in [-0.39, 0.29) is 18.2 Å². The third-order valence-corrected chi connectivity index (χ3v) is 7.45. The molecule has 0 spiro atoms. The van der Waals surface area contributed by atoms with E-state index in [9.17, 15) is 14.4 Å². The molecular formula is C24H21BrN2O4S2. The Labute approximate surface area is 209 Å². The van der Waals surface area contributed by atoms with Gasteiger partial charge in [0, 0.05) is 23.0 Å². The number of fused-ring (bicyclic) bond motifs is 1. The zero-order valence-corrected chi connectivity index (χ0v) is 20.8. The summed E-state index contributed by atoms with van der Waals surface area (Å²) in [5, 5.41) is 8.77. The van der Waals surface area contributed by atoms with Crippen LogP contribution in [0, 0.1) is 0 Å². The number of aliphatic carboxylic acids is 1. The van der Waals surface area contributed by atoms with Crippen molar-refractivity contribution in [3.8, 4) is 0 Å². The van der Waals surface area contributed by atoms with E-state index in [1.165, 1.54) is 4.90 Å². The van der Waals surface area contributed by atoms with Crippen molar-refractivity contribution in [2.24, 2.45) is 0 Å². The Morgan fingerprint density at radius 2 is 1.76 bits per heavy atom. The average molecular weight is 545 g/mol. The Bertz CT molecular complexity index is 1170. The van der Waals surface area contributed by atoms with Crippen LogP contribution in [0.5, 0.6) is 0 Å². The molecule has 1 N–H and O–H groups in total. The normalized spacial score (nSPS) is 17.8. The molecule has 2 aromatic carbocycles. The van der Waals surface area contributed by atoms with Crippen LogP contribution in [0.15, 0.2) is 57.9 Å². The van der Waals surface area contributed by atoms with Crippen LogP contribution in [0.3, 0.4) is 0 Å². The van der Waals surface area contributed by atoms with Crippen LogP contribution in [0.2, 0.25) is 0 Å². The van der Waals surface area contributed by atoms with Gasteiger partial charge in [0.2, 0.25) is 0 Å². The molecule has 0 saturated carbocycles. The maximum atomic E-state index is 13.6. The molecule has 0 unspecified atom stereocenters. The summed E-state index contributed by atoms with van der Waals surface area (Å²) in [5.41, 5.74) is 2.86. The fourth-order valence-electron chi connectivity index (χ4n) is 3.91. The summed E-state index contributed by atoms with van der Waals surface area (Å²) >= 11 is 10.1. The highest BCUT2D eigenvalue weighted by molar-refractivity contribution is 9.10. The van der Waals surface area contributed by atoms with Crippen LogP contribution in [0.25, 0.3) is 5.57 Å². The molecule has 2 aliphatic rings. The van der Waals surface area contributed by atoms with E-state index in [4.69, 9.17) is 17.3 Å². The second kappa shape index (κ2) is 10.2. The van der Waals surface area contributed by atoms with Gasteiger partial charge in [-0.25, -0.2) is 0 Å². The van der Waals surface area contributed by atoms with Crippen molar-refractivity contribution in [2.45, 2.75) is 32.2 Å². The molecule has 1 saturated heterocycles. The second-order valence-electron chi connectivity index (χ2n) is 7.77. The van der Waals surface area contributed by atoms with Gasteiger partial charge in [0.05, 0.1) is 22.7 Å². The molecule has 4 rings (SSSR count). The fourth-order valence-corrected chi connectivity index (χ4v) is 5.65. The van der Waals surface area contributed by atoms with E-state index in [1.807, 2.05) is 48.5 Å². The highest BCUT2D eigenvalue weighted by atomic mass is 79.9. The minimum atomic E-state index is -0.824. The third-order valence-electron chi connectivity index (χ3n) is 5.51. The summed E-state index contributed by atoms with van der Waals surface area (Å²) in [6, 6.07) is 15.4. The van der Waals surface area contributed by atoms with Crippen LogP contribution in [0.1, 0.15) is 36.8 Å². The topological polar surface area (TPSA) is 77.9 Å². The number of thiocarbonyl (C=S) groups is 1. The zero-order chi connectivity index (χ0) is 23.5. The highest BCUT2D eigenvalue weighted by Crippen LogP contribution is 2.46. The quantitative estimate of drug-likeness (QED) is 0.279. The van der Waals surface area contributed by atoms with Crippen LogP contribution >= 0.6 is 39.9 Å². The number of carbonyl (C=O) groups is 3. The van der Waals surface area contributed by atoms with Crippen molar-refractivity contribution >= 4 is 73.3 Å². The average Bonchev–Trinajstić information content (AvgIpc) is 3.20. The fraction of sp³-hybridized carbons (Fsp3) is 0.250. The van der Waals surface area contributed by atoms with Gasteiger partial charge in [-0.2, -0.15) is 0 Å². The van der Waals surface area contributed by atoms with Gasteiger partial charge in [-0.1, -0.05) is 76.7 Å². The standard InChI is InChI=1S/C24H21BrN2O4S2/c25-16-10-11-18-17(13-16)20(22(30)27(18)14-15-7-3-1-4-8-15)21-23(31)26(24(32)33-21)12-6-2-5-9-19(28)29/h1,3-4,7-8,10-11,13H,2,5-6,9,12,14H2,(H,28,29)/b21-20-. The summed E-state index contributed by atoms with van der Waals surface area (Å²) in [5.74, 6) is -1.30. The Hall–Kier alpha value is -2.49. The van der Waals surface area contributed by atoms with E-state index in [2.05, 4.69) is 15.9 Å². The van der Waals surface area contributed by atoms with E-state index in [0.29, 0.717) is 52.7 Å². The number of thioether (sulfide) groups is 1. The molecule has 170 valence electrons. The van der Waals surface area contributed by atoms with E-state index in [0.717, 1.165) is 27.5 Å². The van der Waals surface area contributed by atoms with Crippen molar-refractivity contribution in [3.63, 3.8) is 0 Å². The maximum Gasteiger partial charge on any atom is 0.303 e. The third kappa shape index (κ3) is 5.05. The SMILES string of the molecule is O=C(O)CCCCCN1C(=O)/C(=C2/C(=O)N(Cc3ccccc3)c3ccc(Br)cc32)SC1=S. The molecule has 0 aliphatic carbocycles. The first-order chi connectivity index (χ1) is 15.9. The van der Waals surface area contributed by atoms with Gasteiger partial charge in [0.15, 0.2) is 0 Å². The molecule has 6 nitrogen and oxygen atoms in total. The number of hydrogen-bond donors (Lipinski definition) is 1. The van der Waals surface area contributed by atoms with Crippen molar-refractivity contribution < 1.29 is 19.5 Å². The molecule has 1 fully saturated rings. The number of anilines is 1. The van der Waals surface area contributed by atoms with E-state index >= 15 is 0 Å². The first-order valence-electron chi connectivity index (χ1n) is 10.5. The molecule has 2 aliphatic heterocycles. The number of hydrogen-bond acceptors (Lipinski definition) is 5. The number of amides is 2. The van der Waals surface area contributed by atoms with Crippen molar-refractivity contribution in [1.82, 2.24) is 4.90 Å². The van der Waals surface area contributed by atoms with Gasteiger partial charge >= 0.3 is 5.97 Å². The lowest BCUT2D eigenvalue weighted by Gasteiger charge is -2.17. The van der Waals surface area contributed by atoms with Crippen molar-refractivity contribution in [2.75, 3.05) is 11.4 Å². The maximum absolute atomic E-state index is 13.6. The molecule has 2 amide bonds. The Morgan fingerprint density at radius 1 is 1.00 bits per heavy atom. The summed E-state index contributed by atoms with van der Waals surface area (Å²) < 4.78 is 1.24. The predicted octanol–water partition coefficient (Wildman–Crippen LogP) is 5.21. The summed E-state index contributed by atoms with van der Waals surface area (Å²) in [4.78, 5) is 41.1. The number of rotatable bonds is 8. The molecule has 0 radical (unpaired) electrons. The number of halogens is 1. The van der Waals surface area contributed by atoms with Gasteiger partial charge < -0.3 is 10.0 Å². The molecule has 0 bridgehead atoms. The number of carboxylic acids is 1. The lowest BCUT2D eigenvalue weighted by molar-refractivity contribution is -0.137. The Balaban J connectivity index is 1.60. The lowest BCUT2D eigenvalue weighted by atomic mass is 10.1. The summed E-state index contributed by atoms with van der Waals surface area (Å²) in [6.07, 6.45) is 2.01. The Kier molecular flexibility index (Phi) is 7.31. The number of nitrogens with zero attached hydrogens (tertiary/aromatic N) is 2. The van der Waals surface area contributed by atoms with E-state index < -0.39 is 5.97 Å². The minimum absolute atomic E-state index is 0.111. The number of unbranched alkanes of at least 4 members (excludes halogenated alkanes) is 2. The molecule has 0 atom stereocenters. The van der Waals surface area contributed by atoms with Gasteiger partial charge in [0.1, 0.15) is 4.32 Å². The smallest absolute Gasteiger partial charge is 0.303 e. The van der Waals surface area contributed by atoms with Crippen molar-refractivity contribution in [1.29, 1.82) is 0 Å². The molecule has 2 aromatic rings. The summed E-state index contributed by atoms with van der Waals surface area (Å²) in [7, 11) is 0. The second-order valence-corrected chi connectivity index (χ2v) is 10.3. The van der Waals surface area contributed by atoms with E-state index in [1.54, 1.807) is 4.90 Å². The van der Waals surface area contributed by atoms with Crippen LogP contribution in [0.4, 0.5) is 5.69 Å². The van der Waals surface area contributed by atoms with Gasteiger partial charge in [-0.15, -0.1) is 0 Å². The van der Waals surface area contributed by atoms with Crippen molar-refractivity contribution in [3.05, 3.63) is 69.0 Å². The largest absolute Gasteiger partial charge is 0.481 e. The molecule has 2 heterocycles. The van der Waals surface area contributed by atoms with Crippen LogP contribution < -0.4 is 4.90 Å². The van der Waals surface area contributed by atoms with Gasteiger partial charge in [-0.3, -0.25) is 19.3 Å². The molecule has 9 heteroatoms. The Morgan fingerprint density at radius 3 is 2.48 bits per heavy atom. The molecule has 33 heavy (non-hydrogen) atoms. The molecule has 0 aromatic heterocycles.